The largest absolute Gasteiger partial charge is 0.478 e. The highest BCUT2D eigenvalue weighted by atomic mass is 16.5. The van der Waals surface area contributed by atoms with Crippen molar-refractivity contribution in [1.29, 1.82) is 0 Å². The highest BCUT2D eigenvalue weighted by Crippen LogP contribution is 2.25. The number of hydrogen-bond donors (Lipinski definition) is 2. The summed E-state index contributed by atoms with van der Waals surface area (Å²) in [5, 5.41) is 11.3. The molecule has 6 heteroatoms. The number of carbonyl (C=O) groups is 2. The third kappa shape index (κ3) is 2.97. The molecule has 1 aliphatic rings. The Kier molecular flexibility index (Phi) is 3.35. The van der Waals surface area contributed by atoms with Gasteiger partial charge in [0.2, 0.25) is 0 Å². The van der Waals surface area contributed by atoms with E-state index in [4.69, 9.17) is 9.84 Å². The number of aromatic nitrogens is 1. The van der Waals surface area contributed by atoms with E-state index in [1.165, 1.54) is 12.3 Å². The lowest BCUT2D eigenvalue weighted by atomic mass is 10.1. The Balaban J connectivity index is 2.30. The molecule has 6 nitrogen and oxygen atoms in total. The number of carbonyl (C=O) groups excluding carboxylic acids is 1. The fourth-order valence-electron chi connectivity index (χ4n) is 1.59. The Morgan fingerprint density at radius 1 is 1.58 bits per heavy atom. The van der Waals surface area contributed by atoms with Crippen molar-refractivity contribution in [1.82, 2.24) is 4.98 Å². The van der Waals surface area contributed by atoms with Gasteiger partial charge >= 0.3 is 5.97 Å². The minimum absolute atomic E-state index is 0.239. The number of hydrogen-bond acceptors (Lipinski definition) is 4. The molecule has 0 aromatic carbocycles. The second-order valence-electron chi connectivity index (χ2n) is 4.70. The lowest BCUT2D eigenvalue weighted by Gasteiger charge is -2.19. The molecule has 0 fully saturated rings. The summed E-state index contributed by atoms with van der Waals surface area (Å²) in [7, 11) is 0. The van der Waals surface area contributed by atoms with Crippen LogP contribution in [-0.2, 0) is 20.9 Å². The van der Waals surface area contributed by atoms with Gasteiger partial charge in [0.15, 0.2) is 0 Å². The van der Waals surface area contributed by atoms with Crippen molar-refractivity contribution in [3.8, 4) is 0 Å². The lowest BCUT2D eigenvalue weighted by Crippen LogP contribution is -2.38. The molecular formula is C13H14N2O4. The third-order valence-electron chi connectivity index (χ3n) is 2.77. The maximum absolute atomic E-state index is 11.8. The standard InChI is InChI=1S/C13H14N2O4/c1-13(2)12(18)15-11-9(7-19-13)5-8(6-14-11)3-4-10(16)17/h3-6H,7H2,1-2H3,(H,16,17)(H,14,15,18)/b4-3+. The number of fused-ring (bicyclic) bond motifs is 1. The zero-order chi connectivity index (χ0) is 14.0. The fraction of sp³-hybridized carbons (Fsp3) is 0.308. The molecule has 1 aromatic heterocycles. The first-order chi connectivity index (χ1) is 8.88. The number of carboxylic acid groups (broad SMARTS) is 1. The molecule has 1 aromatic rings. The van der Waals surface area contributed by atoms with Crippen molar-refractivity contribution in [3.05, 3.63) is 29.5 Å². The van der Waals surface area contributed by atoms with Crippen LogP contribution in [0.25, 0.3) is 6.08 Å². The molecular weight excluding hydrogens is 248 g/mol. The summed E-state index contributed by atoms with van der Waals surface area (Å²) >= 11 is 0. The number of carboxylic acids is 1. The van der Waals surface area contributed by atoms with Gasteiger partial charge in [-0.25, -0.2) is 9.78 Å². The van der Waals surface area contributed by atoms with Crippen LogP contribution in [0.2, 0.25) is 0 Å². The summed E-state index contributed by atoms with van der Waals surface area (Å²) in [6.45, 7) is 3.60. The molecule has 19 heavy (non-hydrogen) atoms. The Hall–Kier alpha value is -2.21. The Morgan fingerprint density at radius 2 is 2.32 bits per heavy atom. The van der Waals surface area contributed by atoms with Crippen LogP contribution >= 0.6 is 0 Å². The molecule has 1 amide bonds. The molecule has 1 aliphatic heterocycles. The molecule has 2 N–H and O–H groups in total. The van der Waals surface area contributed by atoms with Gasteiger partial charge in [-0.3, -0.25) is 4.79 Å². The molecule has 0 unspecified atom stereocenters. The van der Waals surface area contributed by atoms with Crippen molar-refractivity contribution in [2.24, 2.45) is 0 Å². The third-order valence-corrected chi connectivity index (χ3v) is 2.77. The normalized spacial score (nSPS) is 17.7. The van der Waals surface area contributed by atoms with Gasteiger partial charge in [-0.15, -0.1) is 0 Å². The van der Waals surface area contributed by atoms with Crippen LogP contribution in [0.4, 0.5) is 5.82 Å². The molecule has 0 aliphatic carbocycles. The van der Waals surface area contributed by atoms with E-state index in [-0.39, 0.29) is 12.5 Å². The van der Waals surface area contributed by atoms with E-state index in [1.807, 2.05) is 0 Å². The first-order valence-electron chi connectivity index (χ1n) is 5.74. The highest BCUT2D eigenvalue weighted by Gasteiger charge is 2.32. The summed E-state index contributed by atoms with van der Waals surface area (Å²) in [4.78, 5) is 26.4. The molecule has 2 heterocycles. The Morgan fingerprint density at radius 3 is 3.00 bits per heavy atom. The van der Waals surface area contributed by atoms with Gasteiger partial charge < -0.3 is 15.2 Å². The first-order valence-corrected chi connectivity index (χ1v) is 5.74. The van der Waals surface area contributed by atoms with Gasteiger partial charge in [-0.2, -0.15) is 0 Å². The molecule has 0 saturated carbocycles. The smallest absolute Gasteiger partial charge is 0.328 e. The highest BCUT2D eigenvalue weighted by molar-refractivity contribution is 5.97. The molecule has 0 radical (unpaired) electrons. The summed E-state index contributed by atoms with van der Waals surface area (Å²) in [5.41, 5.74) is 0.433. The Bertz CT molecular complexity index is 564. The van der Waals surface area contributed by atoms with Crippen LogP contribution in [-0.4, -0.2) is 27.6 Å². The zero-order valence-electron chi connectivity index (χ0n) is 10.6. The molecule has 0 bridgehead atoms. The van der Waals surface area contributed by atoms with Crippen LogP contribution in [0.3, 0.4) is 0 Å². The van der Waals surface area contributed by atoms with E-state index in [1.54, 1.807) is 19.9 Å². The average molecular weight is 262 g/mol. The van der Waals surface area contributed by atoms with Crippen molar-refractivity contribution in [2.75, 3.05) is 5.32 Å². The van der Waals surface area contributed by atoms with E-state index in [9.17, 15) is 9.59 Å². The minimum Gasteiger partial charge on any atom is -0.478 e. The number of nitrogens with one attached hydrogen (secondary N) is 1. The summed E-state index contributed by atoms with van der Waals surface area (Å²) in [6.07, 6.45) is 3.97. The van der Waals surface area contributed by atoms with Gasteiger partial charge in [0.1, 0.15) is 11.4 Å². The lowest BCUT2D eigenvalue weighted by molar-refractivity contribution is -0.137. The minimum atomic E-state index is -1.03. The van der Waals surface area contributed by atoms with Crippen molar-refractivity contribution in [3.63, 3.8) is 0 Å². The van der Waals surface area contributed by atoms with Crippen LogP contribution in [0.1, 0.15) is 25.0 Å². The predicted molar refractivity (Wildman–Crippen MR) is 68.4 cm³/mol. The number of pyridine rings is 1. The first kappa shape index (κ1) is 13.2. The van der Waals surface area contributed by atoms with Crippen LogP contribution in [0, 0.1) is 0 Å². The average Bonchev–Trinajstić information content (AvgIpc) is 2.45. The predicted octanol–water partition coefficient (Wildman–Crippen LogP) is 1.43. The zero-order valence-corrected chi connectivity index (χ0v) is 10.6. The summed E-state index contributed by atoms with van der Waals surface area (Å²) < 4.78 is 5.52. The second-order valence-corrected chi connectivity index (χ2v) is 4.70. The van der Waals surface area contributed by atoms with E-state index in [0.717, 1.165) is 6.08 Å². The van der Waals surface area contributed by atoms with Gasteiger partial charge in [-0.1, -0.05) is 0 Å². The van der Waals surface area contributed by atoms with E-state index in [2.05, 4.69) is 10.3 Å². The van der Waals surface area contributed by atoms with E-state index in [0.29, 0.717) is 16.9 Å². The van der Waals surface area contributed by atoms with Crippen LogP contribution in [0.5, 0.6) is 0 Å². The SMILES string of the molecule is CC1(C)OCc2cc(/C=C/C(=O)O)cnc2NC1=O. The molecule has 0 saturated heterocycles. The number of rotatable bonds is 2. The number of nitrogens with zero attached hydrogens (tertiary/aromatic N) is 1. The number of aliphatic carboxylic acids is 1. The molecule has 100 valence electrons. The maximum atomic E-state index is 11.8. The second kappa shape index (κ2) is 4.81. The van der Waals surface area contributed by atoms with Crippen LogP contribution in [0.15, 0.2) is 18.3 Å². The summed E-state index contributed by atoms with van der Waals surface area (Å²) in [5.74, 6) is -0.837. The van der Waals surface area contributed by atoms with Gasteiger partial charge in [0, 0.05) is 17.8 Å². The number of ether oxygens (including phenoxy) is 1. The fourth-order valence-corrected chi connectivity index (χ4v) is 1.59. The van der Waals surface area contributed by atoms with Crippen LogP contribution < -0.4 is 5.32 Å². The van der Waals surface area contributed by atoms with Crippen molar-refractivity contribution in [2.45, 2.75) is 26.1 Å². The van der Waals surface area contributed by atoms with E-state index < -0.39 is 11.6 Å². The molecule has 0 atom stereocenters. The topological polar surface area (TPSA) is 88.5 Å². The molecule has 0 spiro atoms. The summed E-state index contributed by atoms with van der Waals surface area (Å²) in [6, 6.07) is 1.74. The van der Waals surface area contributed by atoms with Crippen molar-refractivity contribution < 1.29 is 19.4 Å². The van der Waals surface area contributed by atoms with Gasteiger partial charge in [0.25, 0.3) is 5.91 Å². The number of anilines is 1. The van der Waals surface area contributed by atoms with Gasteiger partial charge in [-0.05, 0) is 31.6 Å². The quantitative estimate of drug-likeness (QED) is 0.787. The maximum Gasteiger partial charge on any atom is 0.328 e. The van der Waals surface area contributed by atoms with E-state index >= 15 is 0 Å². The van der Waals surface area contributed by atoms with Crippen molar-refractivity contribution >= 4 is 23.8 Å². The van der Waals surface area contributed by atoms with Gasteiger partial charge in [0.05, 0.1) is 6.61 Å². The Labute approximate surface area is 110 Å². The molecule has 2 rings (SSSR count). The monoisotopic (exact) mass is 262 g/mol. The number of amides is 1.